The van der Waals surface area contributed by atoms with E-state index in [9.17, 15) is 0 Å². The third kappa shape index (κ3) is 1.58. The van der Waals surface area contributed by atoms with Crippen molar-refractivity contribution in [2.75, 3.05) is 6.61 Å². The smallest absolute Gasteiger partial charge is 0.184 e. The van der Waals surface area contributed by atoms with E-state index in [1.807, 2.05) is 0 Å². The van der Waals surface area contributed by atoms with Crippen LogP contribution in [0.1, 0.15) is 0 Å². The maximum atomic E-state index is 9.12. The van der Waals surface area contributed by atoms with Gasteiger partial charge in [0.2, 0.25) is 0 Å². The van der Waals surface area contributed by atoms with Crippen LogP contribution in [-0.4, -0.2) is 62.8 Å². The molecule has 5 atom stereocenters. The first kappa shape index (κ1) is 9.85. The zero-order valence-electron chi connectivity index (χ0n) is 6.24. The van der Waals surface area contributed by atoms with Crippen molar-refractivity contribution in [2.45, 2.75) is 30.7 Å². The average Bonchev–Trinajstić information content (AvgIpc) is 2.08. The van der Waals surface area contributed by atoms with E-state index in [0.717, 1.165) is 0 Å². The largest absolute Gasteiger partial charge is 0.394 e. The molecule has 1 unspecified atom stereocenters. The van der Waals surface area contributed by atoms with Crippen molar-refractivity contribution in [2.24, 2.45) is 0 Å². The van der Waals surface area contributed by atoms with Crippen molar-refractivity contribution in [3.63, 3.8) is 0 Å². The number of aliphatic hydroxyl groups excluding tert-OH is 5. The quantitative estimate of drug-likeness (QED) is 0.275. The van der Waals surface area contributed by atoms with Crippen molar-refractivity contribution in [1.29, 1.82) is 0 Å². The van der Waals surface area contributed by atoms with Gasteiger partial charge in [-0.1, -0.05) is 0 Å². The van der Waals surface area contributed by atoms with Crippen molar-refractivity contribution in [3.8, 4) is 0 Å². The first-order valence-corrected chi connectivity index (χ1v) is 3.56. The molecule has 0 amide bonds. The molecule has 6 nitrogen and oxygen atoms in total. The summed E-state index contributed by atoms with van der Waals surface area (Å²) >= 11 is 0. The predicted octanol–water partition coefficient (Wildman–Crippen LogP) is -3.22. The Bertz CT molecular complexity index is 146. The number of hydrogen-bond donors (Lipinski definition) is 5. The summed E-state index contributed by atoms with van der Waals surface area (Å²) in [6.45, 7) is -0.526. The number of rotatable bonds is 1. The van der Waals surface area contributed by atoms with Crippen molar-refractivity contribution >= 4 is 0 Å². The zero-order valence-corrected chi connectivity index (χ0v) is 6.24. The average molecular weight is 186 g/mol. The van der Waals surface area contributed by atoms with Crippen molar-refractivity contribution in [1.82, 2.24) is 0 Å². The van der Waals surface area contributed by atoms with Crippen LogP contribution in [-0.2, 0) is 4.74 Å². The standard InChI is InChI=1S/C6H12O6/c7-1-2-3(8)4(9)5(10)6(11)12-2/h2-11H,1H2/t2-,3+,4-,5-,6?/m0/s1/i1+1,2+1,3+1,4+1,5+1,6+1. The Morgan fingerprint density at radius 1 is 0.917 bits per heavy atom. The molecular weight excluding hydrogens is 174 g/mol. The predicted molar refractivity (Wildman–Crippen MR) is 36.0 cm³/mol. The SMILES string of the molecule is O[13CH2][13C@@H]1O[13CH](O)[13C@@H](O)[13C@@H](O)[13C@@H]1O. The van der Waals surface area contributed by atoms with Crippen LogP contribution >= 0.6 is 0 Å². The Labute approximate surface area is 68.6 Å². The van der Waals surface area contributed by atoms with Gasteiger partial charge >= 0.3 is 0 Å². The molecule has 1 saturated heterocycles. The van der Waals surface area contributed by atoms with Crippen LogP contribution in [0.25, 0.3) is 0 Å². The van der Waals surface area contributed by atoms with E-state index >= 15 is 0 Å². The van der Waals surface area contributed by atoms with E-state index in [2.05, 4.69) is 4.74 Å². The molecule has 72 valence electrons. The topological polar surface area (TPSA) is 110 Å². The van der Waals surface area contributed by atoms with Crippen LogP contribution in [0, 0.1) is 0 Å². The zero-order chi connectivity index (χ0) is 9.30. The van der Waals surface area contributed by atoms with Gasteiger partial charge in [-0.25, -0.2) is 0 Å². The van der Waals surface area contributed by atoms with Gasteiger partial charge in [-0.3, -0.25) is 0 Å². The van der Waals surface area contributed by atoms with E-state index in [1.165, 1.54) is 0 Å². The number of ether oxygens (including phenoxy) is 1. The van der Waals surface area contributed by atoms with E-state index in [4.69, 9.17) is 25.5 Å². The highest BCUT2D eigenvalue weighted by molar-refractivity contribution is 4.87. The highest BCUT2D eigenvalue weighted by atomic mass is 16.8. The summed E-state index contributed by atoms with van der Waals surface area (Å²) in [4.78, 5) is 0. The molecule has 1 heterocycles. The third-order valence-corrected chi connectivity index (χ3v) is 1.87. The van der Waals surface area contributed by atoms with Crippen LogP contribution in [0.5, 0.6) is 0 Å². The van der Waals surface area contributed by atoms with E-state index < -0.39 is 37.3 Å². The van der Waals surface area contributed by atoms with Crippen LogP contribution in [0.2, 0.25) is 0 Å². The van der Waals surface area contributed by atoms with Crippen molar-refractivity contribution < 1.29 is 30.3 Å². The fraction of sp³-hybridized carbons (Fsp3) is 1.00. The molecular formula is C6H12O6. The maximum absolute atomic E-state index is 9.12. The molecule has 0 radical (unpaired) electrons. The molecule has 0 aromatic heterocycles. The fourth-order valence-corrected chi connectivity index (χ4v) is 1.08. The second-order valence-electron chi connectivity index (χ2n) is 2.72. The molecule has 12 heavy (non-hydrogen) atoms. The molecule has 1 rings (SSSR count). The van der Waals surface area contributed by atoms with Gasteiger partial charge < -0.3 is 30.3 Å². The first-order valence-electron chi connectivity index (χ1n) is 3.56. The summed E-state index contributed by atoms with van der Waals surface area (Å²) in [5.41, 5.74) is 0. The molecule has 5 N–H and O–H groups in total. The van der Waals surface area contributed by atoms with Gasteiger partial charge in [-0.2, -0.15) is 0 Å². The summed E-state index contributed by atoms with van der Waals surface area (Å²) in [5, 5.41) is 44.7. The van der Waals surface area contributed by atoms with Crippen LogP contribution in [0.3, 0.4) is 0 Å². The molecule has 6 heteroatoms. The molecule has 0 aliphatic carbocycles. The minimum atomic E-state index is -1.57. The monoisotopic (exact) mass is 186 g/mol. The Morgan fingerprint density at radius 2 is 1.50 bits per heavy atom. The van der Waals surface area contributed by atoms with Crippen LogP contribution in [0.4, 0.5) is 0 Å². The summed E-state index contributed by atoms with van der Waals surface area (Å²) in [6, 6.07) is 0. The van der Waals surface area contributed by atoms with Gasteiger partial charge in [0.15, 0.2) is 6.29 Å². The minimum Gasteiger partial charge on any atom is -0.394 e. The molecule has 1 aliphatic heterocycles. The van der Waals surface area contributed by atoms with Gasteiger partial charge in [-0.05, 0) is 0 Å². The molecule has 1 aliphatic rings. The highest BCUT2D eigenvalue weighted by Crippen LogP contribution is 2.18. The van der Waals surface area contributed by atoms with Crippen LogP contribution in [0.15, 0.2) is 0 Å². The Hall–Kier alpha value is -0.240. The van der Waals surface area contributed by atoms with Gasteiger partial charge in [-0.15, -0.1) is 0 Å². The second kappa shape index (κ2) is 3.65. The normalized spacial score (nSPS) is 49.2. The lowest BCUT2D eigenvalue weighted by molar-refractivity contribution is -0.286. The number of hydrogen-bond acceptors (Lipinski definition) is 6. The molecule has 0 spiro atoms. The van der Waals surface area contributed by atoms with Crippen molar-refractivity contribution in [3.05, 3.63) is 0 Å². The molecule has 1 fully saturated rings. The van der Waals surface area contributed by atoms with E-state index in [1.54, 1.807) is 0 Å². The van der Waals surface area contributed by atoms with E-state index in [0.29, 0.717) is 0 Å². The first-order chi connectivity index (χ1) is 5.57. The number of aliphatic hydroxyl groups is 5. The van der Waals surface area contributed by atoms with Gasteiger partial charge in [0.25, 0.3) is 0 Å². The lowest BCUT2D eigenvalue weighted by atomic mass is 10.9. The summed E-state index contributed by atoms with van der Waals surface area (Å²) in [7, 11) is 0. The van der Waals surface area contributed by atoms with Gasteiger partial charge in [0.1, 0.15) is 24.4 Å². The third-order valence-electron chi connectivity index (χ3n) is 1.87. The minimum absolute atomic E-state index is 0.526. The summed E-state index contributed by atoms with van der Waals surface area (Å²) < 4.78 is 4.58. The highest BCUT2D eigenvalue weighted by Gasteiger charge is 2.42. The lowest BCUT2D eigenvalue weighted by Gasteiger charge is -2.37. The molecule has 0 aromatic carbocycles. The summed E-state index contributed by atoms with van der Waals surface area (Å²) in [5.74, 6) is 0. The summed E-state index contributed by atoms with van der Waals surface area (Å²) in [6.07, 6.45) is -7.04. The molecule has 0 bridgehead atoms. The van der Waals surface area contributed by atoms with E-state index in [-0.39, 0.29) is 0 Å². The van der Waals surface area contributed by atoms with Crippen LogP contribution < -0.4 is 0 Å². The van der Waals surface area contributed by atoms with Gasteiger partial charge in [0, 0.05) is 0 Å². The molecule has 0 saturated carbocycles. The fourth-order valence-electron chi connectivity index (χ4n) is 1.08. The maximum Gasteiger partial charge on any atom is 0.184 e. The Balaban J connectivity index is 2.63. The Morgan fingerprint density at radius 3 is 2.00 bits per heavy atom. The lowest BCUT2D eigenvalue weighted by Crippen LogP contribution is -2.58. The Kier molecular flexibility index (Phi) is 2.99. The molecule has 0 aromatic rings. The second-order valence-corrected chi connectivity index (χ2v) is 2.72. The van der Waals surface area contributed by atoms with Gasteiger partial charge in [0.05, 0.1) is 6.61 Å².